The summed E-state index contributed by atoms with van der Waals surface area (Å²) in [4.78, 5) is 23.3. The summed E-state index contributed by atoms with van der Waals surface area (Å²) in [5, 5.41) is 5.17. The minimum Gasteiger partial charge on any atom is -0.468 e. The molecule has 0 saturated heterocycles. The van der Waals surface area contributed by atoms with Crippen LogP contribution in [0.3, 0.4) is 0 Å². The van der Waals surface area contributed by atoms with E-state index in [1.165, 1.54) is 24.5 Å². The Morgan fingerprint density at radius 3 is 2.58 bits per heavy atom. The third-order valence-corrected chi connectivity index (χ3v) is 6.56. The van der Waals surface area contributed by atoms with Crippen LogP contribution in [0.1, 0.15) is 11.0 Å². The second-order valence-corrected chi connectivity index (χ2v) is 7.99. The van der Waals surface area contributed by atoms with E-state index in [1.807, 2.05) is 0 Å². The minimum absolute atomic E-state index is 0.140. The Bertz CT molecular complexity index is 795. The molecule has 24 heavy (non-hydrogen) atoms. The van der Waals surface area contributed by atoms with E-state index in [4.69, 9.17) is 4.42 Å². The highest BCUT2D eigenvalue weighted by molar-refractivity contribution is 7.93. The van der Waals surface area contributed by atoms with Gasteiger partial charge in [0.2, 0.25) is 0 Å². The number of nitrogens with one attached hydrogen (secondary N) is 2. The Labute approximate surface area is 143 Å². The monoisotopic (exact) mass is 368 g/mol. The molecule has 2 N–H and O–H groups in total. The second kappa shape index (κ2) is 7.93. The number of hydrogen-bond acceptors (Lipinski definition) is 6. The van der Waals surface area contributed by atoms with Gasteiger partial charge in [-0.1, -0.05) is 12.1 Å². The third-order valence-electron chi connectivity index (χ3n) is 3.07. The van der Waals surface area contributed by atoms with Crippen LogP contribution in [0.4, 0.5) is 0 Å². The van der Waals surface area contributed by atoms with Crippen molar-refractivity contribution in [1.82, 2.24) is 10.6 Å². The summed E-state index contributed by atoms with van der Waals surface area (Å²) in [6.45, 7) is 3.28. The molecule has 2 aromatic rings. The van der Waals surface area contributed by atoms with Gasteiger partial charge in [0.05, 0.1) is 6.26 Å². The maximum absolute atomic E-state index is 12.7. The first-order valence-electron chi connectivity index (χ1n) is 6.94. The van der Waals surface area contributed by atoms with Crippen LogP contribution < -0.4 is 10.6 Å². The molecular weight excluding hydrogens is 352 g/mol. The number of rotatable bonds is 7. The van der Waals surface area contributed by atoms with Crippen molar-refractivity contribution in [3.8, 4) is 0 Å². The van der Waals surface area contributed by atoms with Crippen molar-refractivity contribution in [2.24, 2.45) is 0 Å². The number of amides is 2. The summed E-state index contributed by atoms with van der Waals surface area (Å²) < 4.78 is 30.8. The predicted octanol–water partition coefficient (Wildman–Crippen LogP) is 1.27. The molecule has 0 saturated carbocycles. The van der Waals surface area contributed by atoms with Gasteiger partial charge in [-0.25, -0.2) is 8.42 Å². The van der Waals surface area contributed by atoms with E-state index >= 15 is 0 Å². The number of furan rings is 1. The van der Waals surface area contributed by atoms with E-state index in [0.717, 1.165) is 11.3 Å². The largest absolute Gasteiger partial charge is 0.468 e. The molecule has 0 fully saturated rings. The van der Waals surface area contributed by atoms with Gasteiger partial charge >= 0.3 is 11.8 Å². The van der Waals surface area contributed by atoms with Crippen LogP contribution >= 0.6 is 11.3 Å². The molecule has 2 rings (SSSR count). The summed E-state index contributed by atoms with van der Waals surface area (Å²) in [5.74, 6) is -1.59. The summed E-state index contributed by atoms with van der Waals surface area (Å²) in [6, 6.07) is 6.18. The van der Waals surface area contributed by atoms with Gasteiger partial charge in [0, 0.05) is 13.1 Å². The summed E-state index contributed by atoms with van der Waals surface area (Å²) in [6.07, 6.45) is 2.78. The Hall–Kier alpha value is -2.39. The molecule has 0 aliphatic rings. The molecule has 0 aromatic carbocycles. The van der Waals surface area contributed by atoms with E-state index in [2.05, 4.69) is 17.2 Å². The molecule has 2 amide bonds. The topological polar surface area (TPSA) is 105 Å². The molecule has 2 aromatic heterocycles. The van der Waals surface area contributed by atoms with Gasteiger partial charge in [0.15, 0.2) is 9.84 Å². The quantitative estimate of drug-likeness (QED) is 0.566. The molecule has 1 atom stereocenters. The van der Waals surface area contributed by atoms with Gasteiger partial charge in [0.25, 0.3) is 0 Å². The lowest BCUT2D eigenvalue weighted by atomic mass is 10.3. The SMILES string of the molecule is C=CCNC(=O)C(=O)NC[C@H](c1ccco1)S(=O)(=O)c1cccs1. The number of carbonyl (C=O) groups excluding carboxylic acids is 2. The smallest absolute Gasteiger partial charge is 0.309 e. The van der Waals surface area contributed by atoms with Crippen LogP contribution in [-0.2, 0) is 19.4 Å². The standard InChI is InChI=1S/C15H16N2O5S2/c1-2-7-16-14(18)15(19)17-10-12(11-5-3-8-22-11)24(20,21)13-6-4-9-23-13/h2-6,8-9,12H,1,7,10H2,(H,16,18)(H,17,19)/t12-/m1/s1. The lowest BCUT2D eigenvalue weighted by Crippen LogP contribution is -2.42. The lowest BCUT2D eigenvalue weighted by Gasteiger charge is -2.15. The van der Waals surface area contributed by atoms with Crippen molar-refractivity contribution in [3.63, 3.8) is 0 Å². The zero-order valence-corrected chi connectivity index (χ0v) is 14.2. The van der Waals surface area contributed by atoms with Crippen LogP contribution in [0.5, 0.6) is 0 Å². The van der Waals surface area contributed by atoms with Crippen molar-refractivity contribution in [1.29, 1.82) is 0 Å². The van der Waals surface area contributed by atoms with Crippen molar-refractivity contribution in [3.05, 3.63) is 54.3 Å². The Kier molecular flexibility index (Phi) is 5.93. The van der Waals surface area contributed by atoms with Gasteiger partial charge < -0.3 is 15.1 Å². The van der Waals surface area contributed by atoms with Crippen LogP contribution in [0.25, 0.3) is 0 Å². The van der Waals surface area contributed by atoms with Crippen LogP contribution in [-0.4, -0.2) is 33.3 Å². The molecule has 0 spiro atoms. The van der Waals surface area contributed by atoms with E-state index in [9.17, 15) is 18.0 Å². The number of thiophene rings is 1. The van der Waals surface area contributed by atoms with Crippen molar-refractivity contribution >= 4 is 33.0 Å². The van der Waals surface area contributed by atoms with Gasteiger partial charge in [0.1, 0.15) is 15.2 Å². The highest BCUT2D eigenvalue weighted by Crippen LogP contribution is 2.31. The first kappa shape index (κ1) is 18.0. The second-order valence-electron chi connectivity index (χ2n) is 4.69. The fourth-order valence-electron chi connectivity index (χ4n) is 1.91. The van der Waals surface area contributed by atoms with Gasteiger partial charge in [-0.15, -0.1) is 17.9 Å². The van der Waals surface area contributed by atoms with Crippen LogP contribution in [0, 0.1) is 0 Å². The van der Waals surface area contributed by atoms with Gasteiger partial charge in [-0.2, -0.15) is 0 Å². The molecule has 128 valence electrons. The highest BCUT2D eigenvalue weighted by Gasteiger charge is 2.33. The molecular formula is C15H16N2O5S2. The predicted molar refractivity (Wildman–Crippen MR) is 89.2 cm³/mol. The Balaban J connectivity index is 2.16. The maximum Gasteiger partial charge on any atom is 0.309 e. The lowest BCUT2D eigenvalue weighted by molar-refractivity contribution is -0.139. The van der Waals surface area contributed by atoms with Crippen LogP contribution in [0.2, 0.25) is 0 Å². The average molecular weight is 368 g/mol. The number of hydrogen-bond donors (Lipinski definition) is 2. The summed E-state index contributed by atoms with van der Waals surface area (Å²) in [7, 11) is -3.76. The minimum atomic E-state index is -3.76. The Morgan fingerprint density at radius 2 is 2.00 bits per heavy atom. The average Bonchev–Trinajstić information content (AvgIpc) is 3.25. The third kappa shape index (κ3) is 4.12. The highest BCUT2D eigenvalue weighted by atomic mass is 32.2. The molecule has 2 heterocycles. The zero-order valence-electron chi connectivity index (χ0n) is 12.6. The maximum atomic E-state index is 12.7. The fraction of sp³-hybridized carbons (Fsp3) is 0.200. The van der Waals surface area contributed by atoms with Crippen LogP contribution in [0.15, 0.2) is 57.2 Å². The molecule has 0 radical (unpaired) electrons. The summed E-state index contributed by atoms with van der Waals surface area (Å²) in [5.41, 5.74) is 0. The molecule has 0 aliphatic heterocycles. The number of carbonyl (C=O) groups is 2. The fourth-order valence-corrected chi connectivity index (χ4v) is 4.71. The molecule has 0 aliphatic carbocycles. The van der Waals surface area contributed by atoms with Crippen molar-refractivity contribution in [2.45, 2.75) is 9.46 Å². The van der Waals surface area contributed by atoms with Crippen molar-refractivity contribution < 1.29 is 22.4 Å². The van der Waals surface area contributed by atoms with E-state index in [-0.39, 0.29) is 23.1 Å². The van der Waals surface area contributed by atoms with E-state index in [0.29, 0.717) is 0 Å². The Morgan fingerprint density at radius 1 is 1.25 bits per heavy atom. The molecule has 9 heteroatoms. The molecule has 7 nitrogen and oxygen atoms in total. The zero-order chi connectivity index (χ0) is 17.6. The summed E-state index contributed by atoms with van der Waals surface area (Å²) >= 11 is 1.07. The molecule has 0 bridgehead atoms. The first-order valence-corrected chi connectivity index (χ1v) is 9.37. The van der Waals surface area contributed by atoms with Gasteiger partial charge in [-0.05, 0) is 23.6 Å². The molecule has 0 unspecified atom stereocenters. The first-order chi connectivity index (χ1) is 11.5. The van der Waals surface area contributed by atoms with Gasteiger partial charge in [-0.3, -0.25) is 9.59 Å². The number of sulfone groups is 1. The van der Waals surface area contributed by atoms with Crippen molar-refractivity contribution in [2.75, 3.05) is 13.1 Å². The van der Waals surface area contributed by atoms with E-state index in [1.54, 1.807) is 17.5 Å². The normalized spacial score (nSPS) is 12.3. The van der Waals surface area contributed by atoms with E-state index < -0.39 is 26.9 Å².